The van der Waals surface area contributed by atoms with E-state index < -0.39 is 5.60 Å². The van der Waals surface area contributed by atoms with Gasteiger partial charge in [-0.2, -0.15) is 0 Å². The average Bonchev–Trinajstić information content (AvgIpc) is 2.24. The molecule has 1 aromatic rings. The molecule has 0 amide bonds. The van der Waals surface area contributed by atoms with Gasteiger partial charge in [-0.05, 0) is 56.9 Å². The van der Waals surface area contributed by atoms with Crippen molar-refractivity contribution < 1.29 is 14.6 Å². The van der Waals surface area contributed by atoms with Crippen molar-refractivity contribution in [2.75, 3.05) is 0 Å². The highest BCUT2D eigenvalue weighted by molar-refractivity contribution is 5.70. The van der Waals surface area contributed by atoms with Gasteiger partial charge < -0.3 is 9.84 Å². The van der Waals surface area contributed by atoms with Crippen molar-refractivity contribution in [2.45, 2.75) is 52.6 Å². The van der Waals surface area contributed by atoms with E-state index in [1.165, 1.54) is 0 Å². The molecule has 1 rings (SSSR count). The Labute approximate surface area is 109 Å². The first kappa shape index (κ1) is 14.6. The van der Waals surface area contributed by atoms with Crippen molar-refractivity contribution in [2.24, 2.45) is 0 Å². The standard InChI is InChI=1S/C15H22O3/c1-5-11-10-13(16)8-6-12(11)7-9-14(17)18-15(2,3)4/h6,8,10,16H,5,7,9H2,1-4H3. The Kier molecular flexibility index (Phi) is 4.76. The number of phenolic OH excluding ortho intramolecular Hbond substituents is 1. The van der Waals surface area contributed by atoms with E-state index in [1.807, 2.05) is 33.8 Å². The number of carbonyl (C=O) groups is 1. The molecule has 0 heterocycles. The summed E-state index contributed by atoms with van der Waals surface area (Å²) in [4.78, 5) is 11.6. The number of rotatable bonds is 4. The molecular weight excluding hydrogens is 228 g/mol. The normalized spacial score (nSPS) is 11.3. The highest BCUT2D eigenvalue weighted by atomic mass is 16.6. The van der Waals surface area contributed by atoms with E-state index in [0.717, 1.165) is 17.5 Å². The van der Waals surface area contributed by atoms with E-state index in [1.54, 1.807) is 12.1 Å². The third kappa shape index (κ3) is 4.78. The Morgan fingerprint density at radius 1 is 1.28 bits per heavy atom. The summed E-state index contributed by atoms with van der Waals surface area (Å²) in [6, 6.07) is 5.28. The molecule has 0 bridgehead atoms. The second-order valence-electron chi connectivity index (χ2n) is 5.39. The Balaban J connectivity index is 2.61. The van der Waals surface area contributed by atoms with Crippen LogP contribution in [0.4, 0.5) is 0 Å². The lowest BCUT2D eigenvalue weighted by Crippen LogP contribution is -2.24. The molecule has 0 aromatic heterocycles. The molecule has 0 atom stereocenters. The van der Waals surface area contributed by atoms with Crippen LogP contribution in [0.2, 0.25) is 0 Å². The predicted octanol–water partition coefficient (Wildman–Crippen LogP) is 3.23. The van der Waals surface area contributed by atoms with E-state index in [2.05, 4.69) is 0 Å². The molecule has 3 nitrogen and oxygen atoms in total. The Morgan fingerprint density at radius 3 is 2.50 bits per heavy atom. The Hall–Kier alpha value is -1.51. The summed E-state index contributed by atoms with van der Waals surface area (Å²) in [7, 11) is 0. The van der Waals surface area contributed by atoms with Crippen LogP contribution in [0.3, 0.4) is 0 Å². The lowest BCUT2D eigenvalue weighted by atomic mass is 10.0. The Morgan fingerprint density at radius 2 is 1.94 bits per heavy atom. The van der Waals surface area contributed by atoms with E-state index in [-0.39, 0.29) is 11.7 Å². The van der Waals surface area contributed by atoms with E-state index >= 15 is 0 Å². The van der Waals surface area contributed by atoms with Gasteiger partial charge in [-0.3, -0.25) is 4.79 Å². The fourth-order valence-corrected chi connectivity index (χ4v) is 1.81. The minimum atomic E-state index is -0.431. The van der Waals surface area contributed by atoms with Crippen molar-refractivity contribution in [3.8, 4) is 5.75 Å². The fourth-order valence-electron chi connectivity index (χ4n) is 1.81. The molecule has 0 aliphatic heterocycles. The minimum absolute atomic E-state index is 0.183. The number of hydrogen-bond acceptors (Lipinski definition) is 3. The maximum absolute atomic E-state index is 11.6. The van der Waals surface area contributed by atoms with Gasteiger partial charge >= 0.3 is 5.97 Å². The van der Waals surface area contributed by atoms with Crippen LogP contribution in [0.15, 0.2) is 18.2 Å². The number of benzene rings is 1. The molecule has 0 spiro atoms. The van der Waals surface area contributed by atoms with E-state index in [4.69, 9.17) is 4.74 Å². The zero-order valence-corrected chi connectivity index (χ0v) is 11.6. The first-order valence-electron chi connectivity index (χ1n) is 6.34. The van der Waals surface area contributed by atoms with Crippen LogP contribution in [0, 0.1) is 0 Å². The number of esters is 1. The van der Waals surface area contributed by atoms with Gasteiger partial charge in [0.1, 0.15) is 11.4 Å². The van der Waals surface area contributed by atoms with Crippen molar-refractivity contribution in [1.82, 2.24) is 0 Å². The minimum Gasteiger partial charge on any atom is -0.508 e. The van der Waals surface area contributed by atoms with E-state index in [0.29, 0.717) is 12.8 Å². The van der Waals surface area contributed by atoms with Crippen molar-refractivity contribution in [1.29, 1.82) is 0 Å². The van der Waals surface area contributed by atoms with Crippen LogP contribution < -0.4 is 0 Å². The lowest BCUT2D eigenvalue weighted by molar-refractivity contribution is -0.154. The van der Waals surface area contributed by atoms with Crippen LogP contribution >= 0.6 is 0 Å². The first-order chi connectivity index (χ1) is 8.31. The summed E-state index contributed by atoms with van der Waals surface area (Å²) < 4.78 is 5.27. The van der Waals surface area contributed by atoms with Gasteiger partial charge in [0.25, 0.3) is 0 Å². The number of aryl methyl sites for hydroxylation is 2. The summed E-state index contributed by atoms with van der Waals surface area (Å²) in [6.07, 6.45) is 1.87. The molecule has 0 saturated carbocycles. The zero-order valence-electron chi connectivity index (χ0n) is 11.6. The van der Waals surface area contributed by atoms with Crippen LogP contribution in [-0.2, 0) is 22.4 Å². The maximum atomic E-state index is 11.6. The van der Waals surface area contributed by atoms with Gasteiger partial charge in [-0.15, -0.1) is 0 Å². The number of carbonyl (C=O) groups excluding carboxylic acids is 1. The van der Waals surface area contributed by atoms with Crippen LogP contribution in [0.25, 0.3) is 0 Å². The molecule has 1 aromatic carbocycles. The predicted molar refractivity (Wildman–Crippen MR) is 71.7 cm³/mol. The summed E-state index contributed by atoms with van der Waals surface area (Å²) >= 11 is 0. The highest BCUT2D eigenvalue weighted by Gasteiger charge is 2.16. The van der Waals surface area contributed by atoms with Crippen molar-refractivity contribution in [3.63, 3.8) is 0 Å². The van der Waals surface area contributed by atoms with Gasteiger partial charge in [-0.25, -0.2) is 0 Å². The second-order valence-corrected chi connectivity index (χ2v) is 5.39. The molecule has 18 heavy (non-hydrogen) atoms. The van der Waals surface area contributed by atoms with Crippen LogP contribution in [-0.4, -0.2) is 16.7 Å². The molecule has 0 saturated heterocycles. The van der Waals surface area contributed by atoms with Crippen molar-refractivity contribution >= 4 is 5.97 Å². The Bertz CT molecular complexity index is 416. The van der Waals surface area contributed by atoms with Crippen molar-refractivity contribution in [3.05, 3.63) is 29.3 Å². The van der Waals surface area contributed by atoms with Gasteiger partial charge in [0.15, 0.2) is 0 Å². The number of phenols is 1. The zero-order chi connectivity index (χ0) is 13.8. The van der Waals surface area contributed by atoms with Gasteiger partial charge in [0.05, 0.1) is 0 Å². The molecule has 0 aliphatic rings. The fraction of sp³-hybridized carbons (Fsp3) is 0.533. The lowest BCUT2D eigenvalue weighted by Gasteiger charge is -2.19. The maximum Gasteiger partial charge on any atom is 0.306 e. The molecule has 1 N–H and O–H groups in total. The first-order valence-corrected chi connectivity index (χ1v) is 6.34. The molecule has 0 radical (unpaired) electrons. The molecular formula is C15H22O3. The van der Waals surface area contributed by atoms with Gasteiger partial charge in [0, 0.05) is 6.42 Å². The molecule has 0 unspecified atom stereocenters. The monoisotopic (exact) mass is 250 g/mol. The number of hydrogen-bond donors (Lipinski definition) is 1. The summed E-state index contributed by atoms with van der Waals surface area (Å²) in [5.74, 6) is 0.0884. The average molecular weight is 250 g/mol. The highest BCUT2D eigenvalue weighted by Crippen LogP contribution is 2.19. The molecule has 0 fully saturated rings. The van der Waals surface area contributed by atoms with E-state index in [9.17, 15) is 9.90 Å². The molecule has 0 aliphatic carbocycles. The topological polar surface area (TPSA) is 46.5 Å². The van der Waals surface area contributed by atoms with Gasteiger partial charge in [-0.1, -0.05) is 13.0 Å². The quantitative estimate of drug-likeness (QED) is 0.834. The van der Waals surface area contributed by atoms with Gasteiger partial charge in [0.2, 0.25) is 0 Å². The second kappa shape index (κ2) is 5.89. The number of ether oxygens (including phenoxy) is 1. The third-order valence-electron chi connectivity index (χ3n) is 2.59. The molecule has 3 heteroatoms. The summed E-state index contributed by atoms with van der Waals surface area (Å²) in [5, 5.41) is 9.41. The molecule has 100 valence electrons. The van der Waals surface area contributed by atoms with Crippen LogP contribution in [0.5, 0.6) is 5.75 Å². The summed E-state index contributed by atoms with van der Waals surface area (Å²) in [5.41, 5.74) is 1.75. The SMILES string of the molecule is CCc1cc(O)ccc1CCC(=O)OC(C)(C)C. The number of aromatic hydroxyl groups is 1. The van der Waals surface area contributed by atoms with Crippen LogP contribution in [0.1, 0.15) is 45.2 Å². The largest absolute Gasteiger partial charge is 0.508 e. The smallest absolute Gasteiger partial charge is 0.306 e. The summed E-state index contributed by atoms with van der Waals surface area (Å²) in [6.45, 7) is 7.63. The third-order valence-corrected chi connectivity index (χ3v) is 2.59.